The molecule has 1 aliphatic rings. The van der Waals surface area contributed by atoms with Gasteiger partial charge in [0.2, 0.25) is 5.91 Å². The van der Waals surface area contributed by atoms with E-state index in [9.17, 15) is 13.2 Å². The molecule has 0 aromatic carbocycles. The average Bonchev–Trinajstić information content (AvgIpc) is 2.84. The van der Waals surface area contributed by atoms with Crippen molar-refractivity contribution in [1.29, 1.82) is 0 Å². The van der Waals surface area contributed by atoms with E-state index in [4.69, 9.17) is 0 Å². The van der Waals surface area contributed by atoms with E-state index < -0.39 is 15.1 Å². The van der Waals surface area contributed by atoms with Crippen LogP contribution in [0.4, 0.5) is 0 Å². The number of carbonyl (C=O) groups excluding carboxylic acids is 1. The van der Waals surface area contributed by atoms with Gasteiger partial charge in [-0.05, 0) is 33.6 Å². The third-order valence-corrected chi connectivity index (χ3v) is 6.13. The van der Waals surface area contributed by atoms with Crippen LogP contribution in [0.5, 0.6) is 0 Å². The number of hydrogen-bond acceptors (Lipinski definition) is 4. The highest BCUT2D eigenvalue weighted by Gasteiger charge is 2.29. The Hall–Kier alpha value is -1.37. The van der Waals surface area contributed by atoms with Gasteiger partial charge in [0.25, 0.3) is 0 Å². The van der Waals surface area contributed by atoms with E-state index in [0.717, 1.165) is 18.7 Å². The number of aromatic nitrogens is 2. The number of imidazole rings is 1. The van der Waals surface area contributed by atoms with Gasteiger partial charge < -0.3 is 9.47 Å². The van der Waals surface area contributed by atoms with Gasteiger partial charge >= 0.3 is 0 Å². The molecule has 0 spiro atoms. The van der Waals surface area contributed by atoms with Crippen molar-refractivity contribution < 1.29 is 13.2 Å². The first-order valence-corrected chi connectivity index (χ1v) is 9.01. The Morgan fingerprint density at radius 3 is 2.76 bits per heavy atom. The van der Waals surface area contributed by atoms with Crippen LogP contribution in [0.3, 0.4) is 0 Å². The SMILES string of the molecule is Cc1nccn1C1CCCN(C(=O)CS(=O)(=O)C(C)C)C1. The van der Waals surface area contributed by atoms with Crippen LogP contribution in [-0.4, -0.2) is 52.9 Å². The van der Waals surface area contributed by atoms with Crippen LogP contribution >= 0.6 is 0 Å². The molecule has 0 aliphatic carbocycles. The number of sulfone groups is 1. The molecule has 1 aromatic heterocycles. The van der Waals surface area contributed by atoms with Crippen LogP contribution in [-0.2, 0) is 14.6 Å². The lowest BCUT2D eigenvalue weighted by Crippen LogP contribution is -2.44. The van der Waals surface area contributed by atoms with E-state index in [-0.39, 0.29) is 17.7 Å². The highest BCUT2D eigenvalue weighted by Crippen LogP contribution is 2.23. The highest BCUT2D eigenvalue weighted by molar-refractivity contribution is 7.92. The minimum Gasteiger partial charge on any atom is -0.340 e. The van der Waals surface area contributed by atoms with E-state index >= 15 is 0 Å². The average molecular weight is 313 g/mol. The Morgan fingerprint density at radius 2 is 2.19 bits per heavy atom. The number of likely N-dealkylation sites (tertiary alicyclic amines) is 1. The summed E-state index contributed by atoms with van der Waals surface area (Å²) in [5.74, 6) is 0.246. The second-order valence-corrected chi connectivity index (χ2v) is 8.43. The van der Waals surface area contributed by atoms with E-state index in [2.05, 4.69) is 9.55 Å². The summed E-state index contributed by atoms with van der Waals surface area (Å²) in [7, 11) is -3.34. The Morgan fingerprint density at radius 1 is 1.48 bits per heavy atom. The van der Waals surface area contributed by atoms with Crippen LogP contribution in [0.1, 0.15) is 38.6 Å². The van der Waals surface area contributed by atoms with Crippen molar-refractivity contribution in [2.24, 2.45) is 0 Å². The van der Waals surface area contributed by atoms with Crippen LogP contribution < -0.4 is 0 Å². The van der Waals surface area contributed by atoms with Gasteiger partial charge in [-0.15, -0.1) is 0 Å². The minimum atomic E-state index is -3.34. The lowest BCUT2D eigenvalue weighted by molar-refractivity contribution is -0.130. The maximum atomic E-state index is 12.2. The Bertz CT molecular complexity index is 607. The van der Waals surface area contributed by atoms with Crippen molar-refractivity contribution in [3.05, 3.63) is 18.2 Å². The fourth-order valence-corrected chi connectivity index (χ4v) is 3.47. The van der Waals surface area contributed by atoms with Gasteiger partial charge in [-0.2, -0.15) is 0 Å². The fourth-order valence-electron chi connectivity index (χ4n) is 2.61. The highest BCUT2D eigenvalue weighted by atomic mass is 32.2. The Balaban J connectivity index is 2.05. The third-order valence-electron chi connectivity index (χ3n) is 4.05. The van der Waals surface area contributed by atoms with Gasteiger partial charge in [-0.3, -0.25) is 4.79 Å². The monoisotopic (exact) mass is 313 g/mol. The van der Waals surface area contributed by atoms with Crippen molar-refractivity contribution >= 4 is 15.7 Å². The largest absolute Gasteiger partial charge is 0.340 e. The summed E-state index contributed by atoms with van der Waals surface area (Å²) >= 11 is 0. The van der Waals surface area contributed by atoms with E-state index in [0.29, 0.717) is 13.1 Å². The number of hydrogen-bond donors (Lipinski definition) is 0. The molecule has 1 fully saturated rings. The molecule has 2 rings (SSSR count). The molecule has 1 saturated heterocycles. The van der Waals surface area contributed by atoms with Crippen LogP contribution in [0.2, 0.25) is 0 Å². The lowest BCUT2D eigenvalue weighted by atomic mass is 10.1. The number of nitrogens with zero attached hydrogens (tertiary/aromatic N) is 3. The number of piperidine rings is 1. The van der Waals surface area contributed by atoms with E-state index in [1.54, 1.807) is 24.9 Å². The molecule has 0 saturated carbocycles. The molecule has 0 radical (unpaired) electrons. The summed E-state index contributed by atoms with van der Waals surface area (Å²) < 4.78 is 25.8. The maximum Gasteiger partial charge on any atom is 0.237 e. The molecule has 21 heavy (non-hydrogen) atoms. The molecule has 1 aliphatic heterocycles. The molecule has 1 unspecified atom stereocenters. The van der Waals surface area contributed by atoms with Crippen molar-refractivity contribution in [2.75, 3.05) is 18.8 Å². The number of rotatable bonds is 4. The second-order valence-electron chi connectivity index (χ2n) is 5.87. The molecule has 1 aromatic rings. The number of carbonyl (C=O) groups is 1. The van der Waals surface area contributed by atoms with E-state index in [1.165, 1.54) is 0 Å². The topological polar surface area (TPSA) is 72.3 Å². The molecular weight excluding hydrogens is 290 g/mol. The van der Waals surface area contributed by atoms with Crippen molar-refractivity contribution in [3.63, 3.8) is 0 Å². The zero-order chi connectivity index (χ0) is 15.6. The van der Waals surface area contributed by atoms with Gasteiger partial charge in [-0.1, -0.05) is 0 Å². The second kappa shape index (κ2) is 6.17. The predicted octanol–water partition coefficient (Wildman–Crippen LogP) is 1.18. The van der Waals surface area contributed by atoms with Crippen LogP contribution in [0.25, 0.3) is 0 Å². The van der Waals surface area contributed by atoms with Gasteiger partial charge in [0.15, 0.2) is 9.84 Å². The zero-order valence-corrected chi connectivity index (χ0v) is 13.6. The van der Waals surface area contributed by atoms with Crippen LogP contribution in [0.15, 0.2) is 12.4 Å². The first-order valence-electron chi connectivity index (χ1n) is 7.30. The van der Waals surface area contributed by atoms with Gasteiger partial charge in [0.05, 0.1) is 11.3 Å². The summed E-state index contributed by atoms with van der Waals surface area (Å²) in [4.78, 5) is 18.1. The molecule has 0 bridgehead atoms. The van der Waals surface area contributed by atoms with Gasteiger partial charge in [0.1, 0.15) is 11.6 Å². The lowest BCUT2D eigenvalue weighted by Gasteiger charge is -2.34. The summed E-state index contributed by atoms with van der Waals surface area (Å²) in [6, 6.07) is 0.187. The molecule has 0 N–H and O–H groups in total. The summed E-state index contributed by atoms with van der Waals surface area (Å²) in [6.07, 6.45) is 5.53. The number of aryl methyl sites for hydroxylation is 1. The molecule has 7 heteroatoms. The Labute approximate surface area is 126 Å². The van der Waals surface area contributed by atoms with Gasteiger partial charge in [0, 0.05) is 25.5 Å². The summed E-state index contributed by atoms with van der Waals surface area (Å²) in [6.45, 7) is 6.34. The van der Waals surface area contributed by atoms with Gasteiger partial charge in [-0.25, -0.2) is 13.4 Å². The number of amides is 1. The summed E-state index contributed by atoms with van der Waals surface area (Å²) in [5, 5.41) is -0.516. The minimum absolute atomic E-state index is 0.187. The predicted molar refractivity (Wildman–Crippen MR) is 80.7 cm³/mol. The molecule has 1 amide bonds. The Kier molecular flexibility index (Phi) is 4.70. The molecule has 6 nitrogen and oxygen atoms in total. The standard InChI is InChI=1S/C14H23N3O3S/c1-11(2)21(19,20)10-14(18)16-7-4-5-13(9-16)17-8-6-15-12(17)3/h6,8,11,13H,4-5,7,9-10H2,1-3H3. The first kappa shape index (κ1) is 16.0. The molecule has 2 heterocycles. The first-order chi connectivity index (χ1) is 9.81. The molecular formula is C14H23N3O3S. The van der Waals surface area contributed by atoms with Crippen molar-refractivity contribution in [1.82, 2.24) is 14.5 Å². The van der Waals surface area contributed by atoms with Crippen LogP contribution in [0, 0.1) is 6.92 Å². The maximum absolute atomic E-state index is 12.2. The normalized spacial score (nSPS) is 20.0. The summed E-state index contributed by atoms with van der Waals surface area (Å²) in [5.41, 5.74) is 0. The quantitative estimate of drug-likeness (QED) is 0.837. The third kappa shape index (κ3) is 3.64. The van der Waals surface area contributed by atoms with Crippen molar-refractivity contribution in [2.45, 2.75) is 44.9 Å². The fraction of sp³-hybridized carbons (Fsp3) is 0.714. The molecule has 118 valence electrons. The van der Waals surface area contributed by atoms with Crippen molar-refractivity contribution in [3.8, 4) is 0 Å². The van der Waals surface area contributed by atoms with E-state index in [1.807, 2.05) is 13.1 Å². The smallest absolute Gasteiger partial charge is 0.237 e. The molecule has 1 atom stereocenters. The zero-order valence-electron chi connectivity index (χ0n) is 12.8.